The molecule has 2 aromatic carbocycles. The maximum absolute atomic E-state index is 13.4. The lowest BCUT2D eigenvalue weighted by molar-refractivity contribution is -0.133. The first kappa shape index (κ1) is 18.0. The van der Waals surface area contributed by atoms with Gasteiger partial charge >= 0.3 is 0 Å². The minimum Gasteiger partial charge on any atom is -0.348 e. The number of amides is 3. The fraction of sp³-hybridized carbons (Fsp3) is 0.227. The molecule has 1 saturated heterocycles. The topological polar surface area (TPSA) is 69.7 Å². The number of rotatable bonds is 5. The monoisotopic (exact) mass is 375 g/mol. The number of carbonyl (C=O) groups is 3. The van der Waals surface area contributed by atoms with Crippen LogP contribution in [0.3, 0.4) is 0 Å². The van der Waals surface area contributed by atoms with Gasteiger partial charge in [-0.2, -0.15) is 0 Å². The summed E-state index contributed by atoms with van der Waals surface area (Å²) in [5.74, 6) is -0.785. The average molecular weight is 375 g/mol. The molecule has 4 rings (SSSR count). The number of hydrogen-bond acceptors (Lipinski definition) is 3. The molecule has 6 heteroatoms. The highest BCUT2D eigenvalue weighted by Gasteiger charge is 2.60. The Morgan fingerprint density at radius 3 is 2.57 bits per heavy atom. The summed E-state index contributed by atoms with van der Waals surface area (Å²) in [4.78, 5) is 42.4. The Balaban J connectivity index is 1.76. The smallest absolute Gasteiger partial charge is 0.267 e. The predicted octanol–water partition coefficient (Wildman–Crippen LogP) is 2.47. The van der Waals surface area contributed by atoms with Gasteiger partial charge in [0, 0.05) is 25.9 Å². The number of nitrogens with one attached hydrogen (secondary N) is 1. The van der Waals surface area contributed by atoms with Gasteiger partial charge in [0.25, 0.3) is 11.8 Å². The van der Waals surface area contributed by atoms with Gasteiger partial charge in [0.05, 0.1) is 11.3 Å². The molecule has 0 bridgehead atoms. The Morgan fingerprint density at radius 1 is 1.11 bits per heavy atom. The molecule has 1 fully saturated rings. The van der Waals surface area contributed by atoms with Gasteiger partial charge < -0.3 is 10.2 Å². The first-order chi connectivity index (χ1) is 13.6. The second kappa shape index (κ2) is 6.96. The summed E-state index contributed by atoms with van der Waals surface area (Å²) in [6.45, 7) is 4.23. The van der Waals surface area contributed by atoms with Crippen LogP contribution in [0.1, 0.15) is 28.8 Å². The molecular weight excluding hydrogens is 354 g/mol. The fourth-order valence-corrected chi connectivity index (χ4v) is 4.08. The molecule has 0 spiro atoms. The van der Waals surface area contributed by atoms with E-state index in [1.807, 2.05) is 30.3 Å². The number of benzene rings is 2. The summed E-state index contributed by atoms with van der Waals surface area (Å²) in [5, 5.41) is 2.93. The fourth-order valence-electron chi connectivity index (χ4n) is 4.08. The number of fused-ring (bicyclic) bond motifs is 3. The summed E-state index contributed by atoms with van der Waals surface area (Å²) in [7, 11) is 0. The van der Waals surface area contributed by atoms with E-state index in [1.54, 1.807) is 30.3 Å². The van der Waals surface area contributed by atoms with E-state index in [4.69, 9.17) is 0 Å². The molecule has 0 aliphatic carbocycles. The quantitative estimate of drug-likeness (QED) is 0.817. The van der Waals surface area contributed by atoms with Crippen molar-refractivity contribution in [2.75, 3.05) is 11.4 Å². The molecule has 2 heterocycles. The molecule has 2 aliphatic rings. The number of nitrogens with zero attached hydrogens (tertiary/aromatic N) is 2. The number of anilines is 1. The van der Waals surface area contributed by atoms with Crippen LogP contribution in [0, 0.1) is 0 Å². The third-order valence-electron chi connectivity index (χ3n) is 5.35. The molecule has 6 nitrogen and oxygen atoms in total. The van der Waals surface area contributed by atoms with E-state index in [1.165, 1.54) is 9.80 Å². The Bertz CT molecular complexity index is 957. The zero-order valence-electron chi connectivity index (χ0n) is 15.4. The highest BCUT2D eigenvalue weighted by Crippen LogP contribution is 2.44. The number of para-hydroxylation sites is 1. The van der Waals surface area contributed by atoms with Crippen LogP contribution in [0.15, 0.2) is 67.3 Å². The van der Waals surface area contributed by atoms with Gasteiger partial charge in [-0.1, -0.05) is 48.5 Å². The van der Waals surface area contributed by atoms with E-state index in [9.17, 15) is 14.4 Å². The van der Waals surface area contributed by atoms with Gasteiger partial charge in [0.15, 0.2) is 0 Å². The van der Waals surface area contributed by atoms with Gasteiger partial charge in [-0.3, -0.25) is 19.3 Å². The highest BCUT2D eigenvalue weighted by molar-refractivity contribution is 6.16. The van der Waals surface area contributed by atoms with Gasteiger partial charge in [0.1, 0.15) is 0 Å². The zero-order chi connectivity index (χ0) is 19.7. The Kier molecular flexibility index (Phi) is 4.47. The van der Waals surface area contributed by atoms with Crippen LogP contribution in [-0.4, -0.2) is 34.8 Å². The van der Waals surface area contributed by atoms with Crippen molar-refractivity contribution in [2.24, 2.45) is 0 Å². The van der Waals surface area contributed by atoms with E-state index < -0.39 is 5.66 Å². The van der Waals surface area contributed by atoms with Crippen LogP contribution >= 0.6 is 0 Å². The van der Waals surface area contributed by atoms with Crippen molar-refractivity contribution in [3.8, 4) is 0 Å². The van der Waals surface area contributed by atoms with Crippen LogP contribution in [-0.2, 0) is 16.1 Å². The summed E-state index contributed by atoms with van der Waals surface area (Å²) in [5.41, 5.74) is 0.489. The first-order valence-electron chi connectivity index (χ1n) is 9.27. The third kappa shape index (κ3) is 2.60. The third-order valence-corrected chi connectivity index (χ3v) is 5.35. The molecule has 0 saturated carbocycles. The molecular formula is C22H21N3O3. The largest absolute Gasteiger partial charge is 0.348 e. The minimum atomic E-state index is -1.37. The molecule has 142 valence electrons. The van der Waals surface area contributed by atoms with Gasteiger partial charge in [0.2, 0.25) is 11.6 Å². The molecule has 0 radical (unpaired) electrons. The van der Waals surface area contributed by atoms with Gasteiger partial charge in [-0.05, 0) is 17.7 Å². The van der Waals surface area contributed by atoms with E-state index >= 15 is 0 Å². The zero-order valence-corrected chi connectivity index (χ0v) is 15.4. The lowest BCUT2D eigenvalue weighted by Gasteiger charge is -2.48. The van der Waals surface area contributed by atoms with Crippen LogP contribution in [0.25, 0.3) is 0 Å². The van der Waals surface area contributed by atoms with Crippen molar-refractivity contribution >= 4 is 23.4 Å². The lowest BCUT2D eigenvalue weighted by Crippen LogP contribution is -2.70. The van der Waals surface area contributed by atoms with E-state index in [2.05, 4.69) is 11.9 Å². The Labute approximate surface area is 163 Å². The van der Waals surface area contributed by atoms with Crippen LogP contribution in [0.2, 0.25) is 0 Å². The summed E-state index contributed by atoms with van der Waals surface area (Å²) >= 11 is 0. The van der Waals surface area contributed by atoms with E-state index in [-0.39, 0.29) is 37.1 Å². The maximum Gasteiger partial charge on any atom is 0.267 e. The van der Waals surface area contributed by atoms with Crippen molar-refractivity contribution in [2.45, 2.75) is 25.0 Å². The maximum atomic E-state index is 13.4. The number of hydrogen-bond donors (Lipinski definition) is 1. The molecule has 3 amide bonds. The lowest BCUT2D eigenvalue weighted by atomic mass is 9.95. The highest BCUT2D eigenvalue weighted by atomic mass is 16.2. The standard InChI is InChI=1S/C22H21N3O3/c1-2-14-24-20(27)17-10-6-7-11-18(17)25-19(26)12-13-22(24,25)21(28)23-15-16-8-4-3-5-9-16/h2-11H,1,12-15H2,(H,23,28)/t22-/m1/s1. The summed E-state index contributed by atoms with van der Waals surface area (Å²) in [6, 6.07) is 16.5. The second-order valence-electron chi connectivity index (χ2n) is 6.94. The SMILES string of the molecule is C=CCN1C(=O)c2ccccc2N2C(=O)CC[C@@]12C(=O)NCc1ccccc1. The molecule has 1 atom stereocenters. The number of carbonyl (C=O) groups excluding carboxylic acids is 3. The van der Waals surface area contributed by atoms with Gasteiger partial charge in [-0.25, -0.2) is 0 Å². The summed E-state index contributed by atoms with van der Waals surface area (Å²) < 4.78 is 0. The van der Waals surface area contributed by atoms with Crippen molar-refractivity contribution in [1.29, 1.82) is 0 Å². The second-order valence-corrected chi connectivity index (χ2v) is 6.94. The summed E-state index contributed by atoms with van der Waals surface area (Å²) in [6.07, 6.45) is 2.04. The van der Waals surface area contributed by atoms with Crippen LogP contribution in [0.5, 0.6) is 0 Å². The average Bonchev–Trinajstić information content (AvgIpc) is 3.08. The van der Waals surface area contributed by atoms with Crippen LogP contribution < -0.4 is 10.2 Å². The van der Waals surface area contributed by atoms with Crippen molar-refractivity contribution in [3.63, 3.8) is 0 Å². The van der Waals surface area contributed by atoms with Crippen molar-refractivity contribution in [1.82, 2.24) is 10.2 Å². The van der Waals surface area contributed by atoms with Gasteiger partial charge in [-0.15, -0.1) is 6.58 Å². The molecule has 2 aliphatic heterocycles. The normalized spacial score (nSPS) is 20.6. The van der Waals surface area contributed by atoms with E-state index in [0.717, 1.165) is 5.56 Å². The predicted molar refractivity (Wildman–Crippen MR) is 105 cm³/mol. The van der Waals surface area contributed by atoms with Crippen LogP contribution in [0.4, 0.5) is 5.69 Å². The molecule has 2 aromatic rings. The van der Waals surface area contributed by atoms with E-state index in [0.29, 0.717) is 17.8 Å². The molecule has 0 unspecified atom stereocenters. The Morgan fingerprint density at radius 2 is 1.82 bits per heavy atom. The van der Waals surface area contributed by atoms with Crippen molar-refractivity contribution < 1.29 is 14.4 Å². The molecule has 0 aromatic heterocycles. The molecule has 1 N–H and O–H groups in total. The van der Waals surface area contributed by atoms with Crippen molar-refractivity contribution in [3.05, 3.63) is 78.4 Å². The Hall–Kier alpha value is -3.41. The molecule has 28 heavy (non-hydrogen) atoms. The minimum absolute atomic E-state index is 0.163. The first-order valence-corrected chi connectivity index (χ1v) is 9.27.